The summed E-state index contributed by atoms with van der Waals surface area (Å²) in [5, 5.41) is 9.23. The average Bonchev–Trinajstić information content (AvgIpc) is 2.45. The lowest BCUT2D eigenvalue weighted by molar-refractivity contribution is 0.273. The Bertz CT molecular complexity index is 525. The first-order valence-corrected chi connectivity index (χ1v) is 6.01. The van der Waals surface area contributed by atoms with E-state index in [4.69, 9.17) is 15.2 Å². The first-order valence-electron chi connectivity index (χ1n) is 6.01. The SMILES string of the molecule is COc1ccccc1OCC(N)c1ccc(O)cc1. The molecule has 1 atom stereocenters. The van der Waals surface area contributed by atoms with Crippen LogP contribution in [0.5, 0.6) is 17.2 Å². The lowest BCUT2D eigenvalue weighted by Gasteiger charge is -2.15. The van der Waals surface area contributed by atoms with Crippen molar-refractivity contribution in [2.24, 2.45) is 5.73 Å². The van der Waals surface area contributed by atoms with Gasteiger partial charge in [0.1, 0.15) is 12.4 Å². The molecule has 0 radical (unpaired) electrons. The van der Waals surface area contributed by atoms with E-state index in [0.29, 0.717) is 18.1 Å². The first kappa shape index (κ1) is 13.2. The van der Waals surface area contributed by atoms with Crippen molar-refractivity contribution in [3.8, 4) is 17.2 Å². The second-order valence-corrected chi connectivity index (χ2v) is 4.16. The lowest BCUT2D eigenvalue weighted by Crippen LogP contribution is -2.19. The van der Waals surface area contributed by atoms with Crippen LogP contribution in [0.3, 0.4) is 0 Å². The Labute approximate surface area is 112 Å². The van der Waals surface area contributed by atoms with Gasteiger partial charge in [-0.15, -0.1) is 0 Å². The smallest absolute Gasteiger partial charge is 0.161 e. The van der Waals surface area contributed by atoms with Crippen LogP contribution in [-0.4, -0.2) is 18.8 Å². The molecule has 0 saturated carbocycles. The predicted octanol–water partition coefficient (Wildman–Crippen LogP) is 2.48. The van der Waals surface area contributed by atoms with Crippen molar-refractivity contribution in [2.75, 3.05) is 13.7 Å². The number of hydrogen-bond acceptors (Lipinski definition) is 4. The summed E-state index contributed by atoms with van der Waals surface area (Å²) in [4.78, 5) is 0. The minimum atomic E-state index is -0.259. The summed E-state index contributed by atoms with van der Waals surface area (Å²) >= 11 is 0. The van der Waals surface area contributed by atoms with Crippen molar-refractivity contribution < 1.29 is 14.6 Å². The van der Waals surface area contributed by atoms with Crippen LogP contribution in [0.25, 0.3) is 0 Å². The Kier molecular flexibility index (Phi) is 4.26. The monoisotopic (exact) mass is 259 g/mol. The van der Waals surface area contributed by atoms with Crippen molar-refractivity contribution in [2.45, 2.75) is 6.04 Å². The van der Waals surface area contributed by atoms with Crippen LogP contribution in [0.1, 0.15) is 11.6 Å². The molecule has 4 heteroatoms. The highest BCUT2D eigenvalue weighted by atomic mass is 16.5. The molecule has 0 bridgehead atoms. The number of hydrogen-bond donors (Lipinski definition) is 2. The van der Waals surface area contributed by atoms with Crippen LogP contribution in [-0.2, 0) is 0 Å². The van der Waals surface area contributed by atoms with Crippen molar-refractivity contribution in [3.63, 3.8) is 0 Å². The summed E-state index contributed by atoms with van der Waals surface area (Å²) in [5.41, 5.74) is 6.95. The van der Waals surface area contributed by atoms with Crippen LogP contribution in [0.15, 0.2) is 48.5 Å². The Morgan fingerprint density at radius 3 is 2.32 bits per heavy atom. The van der Waals surface area contributed by atoms with Gasteiger partial charge in [-0.05, 0) is 29.8 Å². The highest BCUT2D eigenvalue weighted by molar-refractivity contribution is 5.39. The van der Waals surface area contributed by atoms with Crippen LogP contribution in [0.4, 0.5) is 0 Å². The maximum Gasteiger partial charge on any atom is 0.161 e. The summed E-state index contributed by atoms with van der Waals surface area (Å²) in [6.07, 6.45) is 0. The molecule has 2 aromatic rings. The number of ether oxygens (including phenoxy) is 2. The molecule has 19 heavy (non-hydrogen) atoms. The molecule has 2 aromatic carbocycles. The van der Waals surface area contributed by atoms with E-state index in [1.54, 1.807) is 31.4 Å². The molecule has 100 valence electrons. The van der Waals surface area contributed by atoms with Crippen molar-refractivity contribution in [3.05, 3.63) is 54.1 Å². The number of methoxy groups -OCH3 is 1. The molecule has 2 rings (SSSR count). The van der Waals surface area contributed by atoms with Crippen molar-refractivity contribution >= 4 is 0 Å². The molecule has 0 amide bonds. The number of aromatic hydroxyl groups is 1. The maximum atomic E-state index is 9.23. The average molecular weight is 259 g/mol. The molecule has 0 aliphatic heterocycles. The summed E-state index contributed by atoms with van der Waals surface area (Å²) in [7, 11) is 1.60. The fourth-order valence-corrected chi connectivity index (χ4v) is 1.74. The largest absolute Gasteiger partial charge is 0.508 e. The number of phenolic OH excluding ortho intramolecular Hbond substituents is 1. The van der Waals surface area contributed by atoms with Crippen LogP contribution < -0.4 is 15.2 Å². The predicted molar refractivity (Wildman–Crippen MR) is 73.5 cm³/mol. The minimum absolute atomic E-state index is 0.224. The third-order valence-corrected chi connectivity index (χ3v) is 2.81. The van der Waals surface area contributed by atoms with Crippen molar-refractivity contribution in [1.82, 2.24) is 0 Å². The van der Waals surface area contributed by atoms with Crippen molar-refractivity contribution in [1.29, 1.82) is 0 Å². The van der Waals surface area contributed by atoms with E-state index in [2.05, 4.69) is 0 Å². The van der Waals surface area contributed by atoms with E-state index in [1.807, 2.05) is 24.3 Å². The van der Waals surface area contributed by atoms with Gasteiger partial charge in [0.2, 0.25) is 0 Å². The Morgan fingerprint density at radius 2 is 1.68 bits per heavy atom. The van der Waals surface area contributed by atoms with Gasteiger partial charge in [0.05, 0.1) is 13.2 Å². The third kappa shape index (κ3) is 3.39. The first-order chi connectivity index (χ1) is 9.20. The molecule has 1 unspecified atom stereocenters. The number of phenols is 1. The summed E-state index contributed by atoms with van der Waals surface area (Å²) in [6.45, 7) is 0.338. The number of nitrogens with two attached hydrogens (primary N) is 1. The molecule has 0 aromatic heterocycles. The molecule has 0 aliphatic carbocycles. The number of benzene rings is 2. The summed E-state index contributed by atoms with van der Waals surface area (Å²) in [6, 6.07) is 14.0. The maximum absolute atomic E-state index is 9.23. The van der Waals surface area contributed by atoms with E-state index in [0.717, 1.165) is 5.56 Å². The molecule has 0 aliphatic rings. The lowest BCUT2D eigenvalue weighted by atomic mass is 10.1. The van der Waals surface area contributed by atoms with Crippen LogP contribution in [0.2, 0.25) is 0 Å². The normalized spacial score (nSPS) is 11.9. The van der Waals surface area contributed by atoms with E-state index < -0.39 is 0 Å². The quantitative estimate of drug-likeness (QED) is 0.865. The fourth-order valence-electron chi connectivity index (χ4n) is 1.74. The molecule has 4 nitrogen and oxygen atoms in total. The molecular formula is C15H17NO3. The summed E-state index contributed by atoms with van der Waals surface area (Å²) in [5.74, 6) is 1.57. The van der Waals surface area contributed by atoms with Crippen LogP contribution >= 0.6 is 0 Å². The van der Waals surface area contributed by atoms with Crippen LogP contribution in [0, 0.1) is 0 Å². The highest BCUT2D eigenvalue weighted by Gasteiger charge is 2.09. The van der Waals surface area contributed by atoms with Gasteiger partial charge in [-0.25, -0.2) is 0 Å². The number of rotatable bonds is 5. The molecular weight excluding hydrogens is 242 g/mol. The van der Waals surface area contributed by atoms with E-state index in [-0.39, 0.29) is 11.8 Å². The topological polar surface area (TPSA) is 64.7 Å². The zero-order valence-electron chi connectivity index (χ0n) is 10.7. The molecule has 0 heterocycles. The second kappa shape index (κ2) is 6.11. The molecule has 0 spiro atoms. The number of para-hydroxylation sites is 2. The van der Waals surface area contributed by atoms with Gasteiger partial charge in [-0.2, -0.15) is 0 Å². The van der Waals surface area contributed by atoms with Gasteiger partial charge in [-0.3, -0.25) is 0 Å². The van der Waals surface area contributed by atoms with Gasteiger partial charge in [-0.1, -0.05) is 24.3 Å². The zero-order valence-corrected chi connectivity index (χ0v) is 10.7. The molecule has 0 fully saturated rings. The van der Waals surface area contributed by atoms with E-state index in [9.17, 15) is 5.11 Å². The minimum Gasteiger partial charge on any atom is -0.508 e. The second-order valence-electron chi connectivity index (χ2n) is 4.16. The Hall–Kier alpha value is -2.20. The standard InChI is InChI=1S/C15H17NO3/c1-18-14-4-2-3-5-15(14)19-10-13(16)11-6-8-12(17)9-7-11/h2-9,13,17H,10,16H2,1H3. The Balaban J connectivity index is 2.00. The van der Waals surface area contributed by atoms with E-state index >= 15 is 0 Å². The van der Waals surface area contributed by atoms with Gasteiger partial charge in [0.15, 0.2) is 11.5 Å². The van der Waals surface area contributed by atoms with Gasteiger partial charge >= 0.3 is 0 Å². The zero-order chi connectivity index (χ0) is 13.7. The third-order valence-electron chi connectivity index (χ3n) is 2.81. The summed E-state index contributed by atoms with van der Waals surface area (Å²) < 4.78 is 10.9. The Morgan fingerprint density at radius 1 is 1.05 bits per heavy atom. The molecule has 3 N–H and O–H groups in total. The highest BCUT2D eigenvalue weighted by Crippen LogP contribution is 2.26. The van der Waals surface area contributed by atoms with Gasteiger partial charge in [0, 0.05) is 0 Å². The van der Waals surface area contributed by atoms with Gasteiger partial charge in [0.25, 0.3) is 0 Å². The fraction of sp³-hybridized carbons (Fsp3) is 0.200. The molecule has 0 saturated heterocycles. The van der Waals surface area contributed by atoms with E-state index in [1.165, 1.54) is 0 Å². The van der Waals surface area contributed by atoms with Gasteiger partial charge < -0.3 is 20.3 Å².